The lowest BCUT2D eigenvalue weighted by molar-refractivity contribution is -0.914. The van der Waals surface area contributed by atoms with E-state index >= 15 is 0 Å². The fraction of sp³-hybridized carbons (Fsp3) is 0.250. The molecule has 0 bridgehead atoms. The van der Waals surface area contributed by atoms with Gasteiger partial charge in [0.15, 0.2) is 0 Å². The highest BCUT2D eigenvalue weighted by Crippen LogP contribution is 2.17. The van der Waals surface area contributed by atoms with E-state index in [0.717, 1.165) is 31.7 Å². The first-order valence-corrected chi connectivity index (χ1v) is 8.92. The van der Waals surface area contributed by atoms with Gasteiger partial charge in [-0.1, -0.05) is 29.8 Å². The molecular formula is C20H20ClN2O2+. The third-order valence-corrected chi connectivity index (χ3v) is 5.07. The van der Waals surface area contributed by atoms with Crippen LogP contribution in [-0.4, -0.2) is 26.2 Å². The van der Waals surface area contributed by atoms with Crippen molar-refractivity contribution in [2.75, 3.05) is 31.1 Å². The molecule has 3 aromatic rings. The Hall–Kier alpha value is -2.30. The van der Waals surface area contributed by atoms with E-state index in [9.17, 15) is 4.79 Å². The number of benzene rings is 2. The van der Waals surface area contributed by atoms with Crippen LogP contribution in [0, 0.1) is 0 Å². The summed E-state index contributed by atoms with van der Waals surface area (Å²) in [5.41, 5.74) is 2.60. The van der Waals surface area contributed by atoms with Gasteiger partial charge in [-0.25, -0.2) is 0 Å². The standard InChI is InChI=1S/C20H19ClN2O2/c21-16-6-7-19-18(12-16)20(24)15(14-25-19)13-22-8-10-23(11-9-22)17-4-2-1-3-5-17/h1-7,12,14H,8-11,13H2/p+1. The first kappa shape index (κ1) is 16.2. The van der Waals surface area contributed by atoms with Crippen LogP contribution in [0.25, 0.3) is 11.0 Å². The van der Waals surface area contributed by atoms with Crippen LogP contribution in [-0.2, 0) is 6.54 Å². The van der Waals surface area contributed by atoms with Crippen molar-refractivity contribution in [2.24, 2.45) is 0 Å². The first-order chi connectivity index (χ1) is 12.2. The molecule has 1 aromatic heterocycles. The summed E-state index contributed by atoms with van der Waals surface area (Å²) in [5.74, 6) is 0. The predicted molar refractivity (Wildman–Crippen MR) is 101 cm³/mol. The Labute approximate surface area is 151 Å². The van der Waals surface area contributed by atoms with E-state index in [4.69, 9.17) is 16.0 Å². The number of nitrogens with zero attached hydrogens (tertiary/aromatic N) is 1. The molecule has 1 N–H and O–H groups in total. The van der Waals surface area contributed by atoms with Crippen molar-refractivity contribution in [1.82, 2.24) is 0 Å². The van der Waals surface area contributed by atoms with E-state index in [2.05, 4.69) is 29.2 Å². The molecule has 0 spiro atoms. The third kappa shape index (κ3) is 3.41. The van der Waals surface area contributed by atoms with Crippen LogP contribution < -0.4 is 15.2 Å². The van der Waals surface area contributed by atoms with Crippen molar-refractivity contribution in [3.05, 3.63) is 75.6 Å². The molecular weight excluding hydrogens is 336 g/mol. The maximum atomic E-state index is 12.7. The number of rotatable bonds is 3. The summed E-state index contributed by atoms with van der Waals surface area (Å²) < 4.78 is 5.63. The maximum absolute atomic E-state index is 12.7. The Morgan fingerprint density at radius 2 is 1.84 bits per heavy atom. The molecule has 0 amide bonds. The zero-order valence-corrected chi connectivity index (χ0v) is 14.6. The van der Waals surface area contributed by atoms with Crippen LogP contribution in [0.4, 0.5) is 5.69 Å². The average molecular weight is 356 g/mol. The van der Waals surface area contributed by atoms with Crippen LogP contribution in [0.15, 0.2) is 64.0 Å². The maximum Gasteiger partial charge on any atom is 0.201 e. The molecule has 4 rings (SSSR count). The molecule has 5 heteroatoms. The van der Waals surface area contributed by atoms with Gasteiger partial charge < -0.3 is 14.2 Å². The molecule has 0 saturated carbocycles. The van der Waals surface area contributed by atoms with Gasteiger partial charge in [0.05, 0.1) is 37.1 Å². The first-order valence-electron chi connectivity index (χ1n) is 8.54. The Kier molecular flexibility index (Phi) is 4.47. The second kappa shape index (κ2) is 6.90. The lowest BCUT2D eigenvalue weighted by atomic mass is 10.1. The van der Waals surface area contributed by atoms with E-state index in [1.165, 1.54) is 10.6 Å². The van der Waals surface area contributed by atoms with E-state index in [0.29, 0.717) is 22.5 Å². The van der Waals surface area contributed by atoms with Crippen LogP contribution >= 0.6 is 11.6 Å². The number of para-hydroxylation sites is 1. The number of fused-ring (bicyclic) bond motifs is 1. The average Bonchev–Trinajstić information content (AvgIpc) is 2.66. The Bertz CT molecular complexity index is 931. The van der Waals surface area contributed by atoms with Crippen molar-refractivity contribution < 1.29 is 9.32 Å². The van der Waals surface area contributed by atoms with Crippen molar-refractivity contribution in [3.63, 3.8) is 0 Å². The fourth-order valence-corrected chi connectivity index (χ4v) is 3.60. The Morgan fingerprint density at radius 3 is 2.60 bits per heavy atom. The molecule has 4 nitrogen and oxygen atoms in total. The number of hydrogen-bond donors (Lipinski definition) is 1. The second-order valence-corrected chi connectivity index (χ2v) is 6.92. The fourth-order valence-electron chi connectivity index (χ4n) is 3.43. The normalized spacial score (nSPS) is 15.6. The molecule has 0 radical (unpaired) electrons. The zero-order chi connectivity index (χ0) is 17.2. The molecule has 128 valence electrons. The van der Waals surface area contributed by atoms with Crippen molar-refractivity contribution >= 4 is 28.3 Å². The summed E-state index contributed by atoms with van der Waals surface area (Å²) in [6.07, 6.45) is 1.61. The van der Waals surface area contributed by atoms with Crippen LogP contribution in [0.3, 0.4) is 0 Å². The van der Waals surface area contributed by atoms with E-state index in [1.807, 2.05) is 6.07 Å². The van der Waals surface area contributed by atoms with Gasteiger partial charge in [-0.3, -0.25) is 4.79 Å². The Morgan fingerprint density at radius 1 is 1.08 bits per heavy atom. The van der Waals surface area contributed by atoms with Gasteiger partial charge in [-0.15, -0.1) is 0 Å². The summed E-state index contributed by atoms with van der Waals surface area (Å²) in [4.78, 5) is 16.5. The summed E-state index contributed by atoms with van der Waals surface area (Å²) in [7, 11) is 0. The molecule has 0 aliphatic carbocycles. The summed E-state index contributed by atoms with van der Waals surface area (Å²) in [6.45, 7) is 4.67. The minimum atomic E-state index is 0.0294. The van der Waals surface area contributed by atoms with Gasteiger partial charge in [0.1, 0.15) is 18.4 Å². The van der Waals surface area contributed by atoms with Gasteiger partial charge in [0.2, 0.25) is 5.43 Å². The minimum Gasteiger partial charge on any atom is -0.464 e. The highest BCUT2D eigenvalue weighted by Gasteiger charge is 2.22. The SMILES string of the molecule is O=c1c(C[NH+]2CCN(c3ccccc3)CC2)coc2ccc(Cl)cc12. The van der Waals surface area contributed by atoms with Crippen molar-refractivity contribution in [2.45, 2.75) is 6.54 Å². The molecule has 1 aliphatic heterocycles. The number of halogens is 1. The molecule has 2 aromatic carbocycles. The van der Waals surface area contributed by atoms with E-state index < -0.39 is 0 Å². The second-order valence-electron chi connectivity index (χ2n) is 6.48. The van der Waals surface area contributed by atoms with E-state index in [1.54, 1.807) is 24.5 Å². The molecule has 2 heterocycles. The van der Waals surface area contributed by atoms with Gasteiger partial charge in [-0.05, 0) is 30.3 Å². The number of hydrogen-bond acceptors (Lipinski definition) is 3. The largest absolute Gasteiger partial charge is 0.464 e. The predicted octanol–water partition coefficient (Wildman–Crippen LogP) is 2.35. The summed E-state index contributed by atoms with van der Waals surface area (Å²) >= 11 is 6.02. The smallest absolute Gasteiger partial charge is 0.201 e. The molecule has 1 aliphatic rings. The zero-order valence-electron chi connectivity index (χ0n) is 13.9. The van der Waals surface area contributed by atoms with Crippen LogP contribution in [0.2, 0.25) is 5.02 Å². The van der Waals surface area contributed by atoms with Gasteiger partial charge >= 0.3 is 0 Å². The summed E-state index contributed by atoms with van der Waals surface area (Å²) in [5, 5.41) is 1.12. The van der Waals surface area contributed by atoms with Crippen LogP contribution in [0.5, 0.6) is 0 Å². The topological polar surface area (TPSA) is 37.9 Å². The van der Waals surface area contributed by atoms with E-state index in [-0.39, 0.29) is 5.43 Å². The monoisotopic (exact) mass is 355 g/mol. The Balaban J connectivity index is 1.48. The molecule has 0 atom stereocenters. The van der Waals surface area contributed by atoms with Crippen LogP contribution in [0.1, 0.15) is 5.56 Å². The molecule has 1 saturated heterocycles. The highest BCUT2D eigenvalue weighted by molar-refractivity contribution is 6.31. The quantitative estimate of drug-likeness (QED) is 0.783. The molecule has 1 fully saturated rings. The van der Waals surface area contributed by atoms with Gasteiger partial charge in [0.25, 0.3) is 0 Å². The molecule has 25 heavy (non-hydrogen) atoms. The highest BCUT2D eigenvalue weighted by atomic mass is 35.5. The van der Waals surface area contributed by atoms with Gasteiger partial charge in [0, 0.05) is 10.7 Å². The number of anilines is 1. The summed E-state index contributed by atoms with van der Waals surface area (Å²) in [6, 6.07) is 15.6. The lowest BCUT2D eigenvalue weighted by Gasteiger charge is -2.33. The third-order valence-electron chi connectivity index (χ3n) is 4.84. The number of piperazine rings is 1. The minimum absolute atomic E-state index is 0.0294. The lowest BCUT2D eigenvalue weighted by Crippen LogP contribution is -3.13. The van der Waals surface area contributed by atoms with Crippen molar-refractivity contribution in [3.8, 4) is 0 Å². The molecule has 0 unspecified atom stereocenters. The number of quaternary nitrogens is 1. The van der Waals surface area contributed by atoms with Crippen molar-refractivity contribution in [1.29, 1.82) is 0 Å². The number of nitrogens with one attached hydrogen (secondary N) is 1. The van der Waals surface area contributed by atoms with Gasteiger partial charge in [-0.2, -0.15) is 0 Å².